The number of hydrogen-bond acceptors (Lipinski definition) is 4. The Morgan fingerprint density at radius 1 is 0.947 bits per heavy atom. The zero-order chi connectivity index (χ0) is 27.1. The monoisotopic (exact) mass is 511 g/mol. The Morgan fingerprint density at radius 2 is 1.63 bits per heavy atom. The Bertz CT molecular complexity index is 1440. The van der Waals surface area contributed by atoms with E-state index in [1.165, 1.54) is 5.56 Å². The molecular formula is C32H37N3O3. The normalized spacial score (nSPS) is 11.9. The van der Waals surface area contributed by atoms with E-state index >= 15 is 0 Å². The van der Waals surface area contributed by atoms with E-state index in [0.29, 0.717) is 40.3 Å². The number of carbonyl (C=O) groups is 1. The maximum absolute atomic E-state index is 13.9. The number of benzene rings is 3. The lowest BCUT2D eigenvalue weighted by Crippen LogP contribution is -2.38. The number of hydrogen-bond donors (Lipinski definition) is 0. The third-order valence-corrected chi connectivity index (χ3v) is 7.00. The summed E-state index contributed by atoms with van der Waals surface area (Å²) < 4.78 is 7.22. The quantitative estimate of drug-likeness (QED) is 0.224. The Morgan fingerprint density at radius 3 is 2.34 bits per heavy atom. The van der Waals surface area contributed by atoms with Gasteiger partial charge in [0.05, 0.1) is 29.7 Å². The van der Waals surface area contributed by atoms with Gasteiger partial charge in [-0.25, -0.2) is 4.98 Å². The topological polar surface area (TPSA) is 64.4 Å². The van der Waals surface area contributed by atoms with E-state index in [-0.39, 0.29) is 11.5 Å². The number of ether oxygens (including phenoxy) is 1. The van der Waals surface area contributed by atoms with Crippen molar-refractivity contribution in [2.24, 2.45) is 0 Å². The summed E-state index contributed by atoms with van der Waals surface area (Å²) in [6.45, 7) is 6.79. The van der Waals surface area contributed by atoms with E-state index in [4.69, 9.17) is 9.72 Å². The first-order valence-corrected chi connectivity index (χ1v) is 13.5. The van der Waals surface area contributed by atoms with Gasteiger partial charge in [0, 0.05) is 12.1 Å². The molecule has 1 aromatic heterocycles. The predicted octanol–water partition coefficient (Wildman–Crippen LogP) is 6.74. The highest BCUT2D eigenvalue weighted by molar-refractivity contribution is 5.94. The van der Waals surface area contributed by atoms with E-state index in [0.717, 1.165) is 32.1 Å². The summed E-state index contributed by atoms with van der Waals surface area (Å²) in [6.07, 6.45) is 5.05. The zero-order valence-corrected chi connectivity index (χ0v) is 22.8. The van der Waals surface area contributed by atoms with Crippen LogP contribution in [0.15, 0.2) is 77.6 Å². The molecule has 0 spiro atoms. The molecule has 0 N–H and O–H groups in total. The molecule has 1 atom stereocenters. The molecule has 1 heterocycles. The SMILES string of the molecule is CCCCc1ccc(C(=O)N(CCCC)C(C)c2nc3ccccc3c(=O)n2-c2ccccc2OC)cc1. The second-order valence-electron chi connectivity index (χ2n) is 9.63. The van der Waals surface area contributed by atoms with Gasteiger partial charge < -0.3 is 9.64 Å². The fourth-order valence-corrected chi connectivity index (χ4v) is 4.78. The van der Waals surface area contributed by atoms with Crippen molar-refractivity contribution in [3.63, 3.8) is 0 Å². The third kappa shape index (κ3) is 5.64. The van der Waals surface area contributed by atoms with Crippen LogP contribution in [0.4, 0.5) is 0 Å². The van der Waals surface area contributed by atoms with Gasteiger partial charge in [0.15, 0.2) is 0 Å². The van der Waals surface area contributed by atoms with Crippen molar-refractivity contribution in [2.75, 3.05) is 13.7 Å². The second kappa shape index (κ2) is 12.5. The first kappa shape index (κ1) is 27.1. The van der Waals surface area contributed by atoms with Gasteiger partial charge in [0.1, 0.15) is 11.6 Å². The van der Waals surface area contributed by atoms with Crippen molar-refractivity contribution in [3.8, 4) is 11.4 Å². The molecule has 198 valence electrons. The number of amides is 1. The van der Waals surface area contributed by atoms with Crippen LogP contribution in [-0.2, 0) is 6.42 Å². The largest absolute Gasteiger partial charge is 0.495 e. The first-order valence-electron chi connectivity index (χ1n) is 13.5. The molecule has 1 amide bonds. The summed E-state index contributed by atoms with van der Waals surface area (Å²) in [5, 5.41) is 0.517. The lowest BCUT2D eigenvalue weighted by Gasteiger charge is -2.31. The van der Waals surface area contributed by atoms with E-state index in [1.807, 2.05) is 78.6 Å². The number of methoxy groups -OCH3 is 1. The summed E-state index contributed by atoms with van der Waals surface area (Å²) in [7, 11) is 1.59. The van der Waals surface area contributed by atoms with Crippen molar-refractivity contribution >= 4 is 16.8 Å². The molecule has 0 aliphatic carbocycles. The second-order valence-corrected chi connectivity index (χ2v) is 9.63. The minimum atomic E-state index is -0.462. The molecule has 38 heavy (non-hydrogen) atoms. The van der Waals surface area contributed by atoms with Gasteiger partial charge in [-0.15, -0.1) is 0 Å². The summed E-state index contributed by atoms with van der Waals surface area (Å²) in [5.74, 6) is 0.999. The van der Waals surface area contributed by atoms with E-state index < -0.39 is 6.04 Å². The van der Waals surface area contributed by atoms with Gasteiger partial charge in [-0.05, 0) is 68.1 Å². The summed E-state index contributed by atoms with van der Waals surface area (Å²) in [5.41, 5.74) is 2.89. The number of fused-ring (bicyclic) bond motifs is 1. The van der Waals surface area contributed by atoms with Crippen LogP contribution >= 0.6 is 0 Å². The van der Waals surface area contributed by atoms with Gasteiger partial charge in [-0.3, -0.25) is 14.2 Å². The third-order valence-electron chi connectivity index (χ3n) is 7.00. The van der Waals surface area contributed by atoms with Crippen molar-refractivity contribution in [3.05, 3.63) is 100 Å². The summed E-state index contributed by atoms with van der Waals surface area (Å²) in [4.78, 5) is 34.6. The molecular weight excluding hydrogens is 474 g/mol. The fraction of sp³-hybridized carbons (Fsp3) is 0.344. The number of nitrogens with zero attached hydrogens (tertiary/aromatic N) is 3. The average molecular weight is 512 g/mol. The van der Waals surface area contributed by atoms with Crippen LogP contribution in [0.2, 0.25) is 0 Å². The van der Waals surface area contributed by atoms with E-state index in [2.05, 4.69) is 13.8 Å². The fourth-order valence-electron chi connectivity index (χ4n) is 4.78. The molecule has 0 saturated carbocycles. The minimum Gasteiger partial charge on any atom is -0.495 e. The molecule has 0 aliphatic heterocycles. The lowest BCUT2D eigenvalue weighted by molar-refractivity contribution is 0.0678. The summed E-state index contributed by atoms with van der Waals surface area (Å²) in [6, 6.07) is 22.2. The standard InChI is InChI=1S/C32H37N3O3/c1-5-7-13-24-18-20-25(21-19-24)31(36)34(22-8-6-2)23(3)30-33-27-15-10-9-14-26(27)32(37)35(30)28-16-11-12-17-29(28)38-4/h9-12,14-21,23H,5-8,13,22H2,1-4H3. The highest BCUT2D eigenvalue weighted by atomic mass is 16.5. The molecule has 4 aromatic rings. The Labute approximate surface area is 224 Å². The predicted molar refractivity (Wildman–Crippen MR) is 153 cm³/mol. The smallest absolute Gasteiger partial charge is 0.266 e. The van der Waals surface area contributed by atoms with Gasteiger partial charge in [-0.1, -0.05) is 63.1 Å². The highest BCUT2D eigenvalue weighted by Crippen LogP contribution is 2.28. The molecule has 0 bridgehead atoms. The van der Waals surface area contributed by atoms with Crippen LogP contribution in [0.1, 0.15) is 74.2 Å². The lowest BCUT2D eigenvalue weighted by atomic mass is 10.0. The molecule has 6 heteroatoms. The van der Waals surface area contributed by atoms with Crippen molar-refractivity contribution in [1.29, 1.82) is 0 Å². The van der Waals surface area contributed by atoms with Crippen molar-refractivity contribution < 1.29 is 9.53 Å². The van der Waals surface area contributed by atoms with E-state index in [9.17, 15) is 9.59 Å². The van der Waals surface area contributed by atoms with Crippen LogP contribution in [0, 0.1) is 0 Å². The summed E-state index contributed by atoms with van der Waals surface area (Å²) >= 11 is 0. The van der Waals surface area contributed by atoms with Crippen LogP contribution in [0.3, 0.4) is 0 Å². The Balaban J connectivity index is 1.83. The van der Waals surface area contributed by atoms with Gasteiger partial charge in [0.2, 0.25) is 0 Å². The maximum Gasteiger partial charge on any atom is 0.266 e. The van der Waals surface area contributed by atoms with Crippen LogP contribution in [0.25, 0.3) is 16.6 Å². The Kier molecular flexibility index (Phi) is 8.95. The number of unbranched alkanes of at least 4 members (excludes halogenated alkanes) is 2. The molecule has 1 unspecified atom stereocenters. The first-order chi connectivity index (χ1) is 18.5. The number of aromatic nitrogens is 2. The van der Waals surface area contributed by atoms with Gasteiger partial charge >= 0.3 is 0 Å². The average Bonchev–Trinajstić information content (AvgIpc) is 2.96. The van der Waals surface area contributed by atoms with Crippen LogP contribution in [0.5, 0.6) is 5.75 Å². The number of rotatable bonds is 11. The molecule has 0 fully saturated rings. The van der Waals surface area contributed by atoms with Crippen LogP contribution in [-0.4, -0.2) is 34.0 Å². The molecule has 6 nitrogen and oxygen atoms in total. The Hall–Kier alpha value is -3.93. The number of para-hydroxylation sites is 3. The maximum atomic E-state index is 13.9. The van der Waals surface area contributed by atoms with Crippen molar-refractivity contribution in [2.45, 2.75) is 58.9 Å². The van der Waals surface area contributed by atoms with Gasteiger partial charge in [0.25, 0.3) is 11.5 Å². The van der Waals surface area contributed by atoms with Crippen molar-refractivity contribution in [1.82, 2.24) is 14.5 Å². The number of carbonyl (C=O) groups excluding carboxylic acids is 1. The molecule has 4 rings (SSSR count). The zero-order valence-electron chi connectivity index (χ0n) is 22.8. The molecule has 0 saturated heterocycles. The highest BCUT2D eigenvalue weighted by Gasteiger charge is 2.28. The van der Waals surface area contributed by atoms with Gasteiger partial charge in [-0.2, -0.15) is 0 Å². The molecule has 0 radical (unpaired) electrons. The molecule has 0 aliphatic rings. The number of aryl methyl sites for hydroxylation is 1. The molecule has 3 aromatic carbocycles. The van der Waals surface area contributed by atoms with E-state index in [1.54, 1.807) is 17.7 Å². The minimum absolute atomic E-state index is 0.0676. The van der Waals surface area contributed by atoms with Crippen LogP contribution < -0.4 is 10.3 Å².